The van der Waals surface area contributed by atoms with Gasteiger partial charge in [0.2, 0.25) is 5.91 Å². The van der Waals surface area contributed by atoms with Crippen molar-refractivity contribution in [2.45, 2.75) is 19.8 Å². The van der Waals surface area contributed by atoms with Crippen molar-refractivity contribution in [1.29, 1.82) is 0 Å². The molecular weight excluding hydrogens is 394 g/mol. The number of hydrogen-bond acceptors (Lipinski definition) is 5. The monoisotopic (exact) mass is 423 g/mol. The van der Waals surface area contributed by atoms with Crippen LogP contribution in [0.2, 0.25) is 0 Å². The Hall–Kier alpha value is -3.28. The van der Waals surface area contributed by atoms with E-state index in [4.69, 9.17) is 14.2 Å². The van der Waals surface area contributed by atoms with Gasteiger partial charge in [0.1, 0.15) is 5.75 Å². The molecule has 1 fully saturated rings. The number of ketones is 1. The molecule has 0 spiro atoms. The van der Waals surface area contributed by atoms with Gasteiger partial charge in [0.15, 0.2) is 17.3 Å². The van der Waals surface area contributed by atoms with Crippen LogP contribution in [0.5, 0.6) is 17.2 Å². The van der Waals surface area contributed by atoms with Crippen molar-refractivity contribution < 1.29 is 23.8 Å². The molecule has 1 aliphatic rings. The molecule has 2 aromatic carbocycles. The Morgan fingerprint density at radius 3 is 2.32 bits per heavy atom. The van der Waals surface area contributed by atoms with Gasteiger partial charge >= 0.3 is 0 Å². The van der Waals surface area contributed by atoms with E-state index in [0.717, 1.165) is 11.3 Å². The van der Waals surface area contributed by atoms with Crippen LogP contribution in [0.4, 0.5) is 0 Å². The number of Topliss-reactive ketones (excluding diaryl/α,β-unsaturated/α-hetero) is 1. The van der Waals surface area contributed by atoms with Crippen molar-refractivity contribution in [1.82, 2.24) is 4.90 Å². The normalized spacial score (nSPS) is 14.5. The summed E-state index contributed by atoms with van der Waals surface area (Å²) in [6.07, 6.45) is 4.69. The number of benzene rings is 2. The smallest absolute Gasteiger partial charge is 0.246 e. The second-order valence-corrected chi connectivity index (χ2v) is 7.37. The van der Waals surface area contributed by atoms with Gasteiger partial charge in [-0.2, -0.15) is 0 Å². The van der Waals surface area contributed by atoms with Crippen molar-refractivity contribution in [3.05, 3.63) is 59.7 Å². The number of piperidine rings is 1. The lowest BCUT2D eigenvalue weighted by Gasteiger charge is -2.30. The van der Waals surface area contributed by atoms with Gasteiger partial charge in [-0.15, -0.1) is 0 Å². The van der Waals surface area contributed by atoms with Crippen LogP contribution in [0.3, 0.4) is 0 Å². The van der Waals surface area contributed by atoms with Crippen LogP contribution in [0.15, 0.2) is 48.5 Å². The number of amides is 1. The summed E-state index contributed by atoms with van der Waals surface area (Å²) in [6, 6.07) is 12.8. The van der Waals surface area contributed by atoms with Gasteiger partial charge in [0.05, 0.1) is 20.8 Å². The minimum atomic E-state index is -0.0586. The van der Waals surface area contributed by atoms with Crippen molar-refractivity contribution in [2.75, 3.05) is 33.9 Å². The molecule has 0 atom stereocenters. The number of carbonyl (C=O) groups is 2. The van der Waals surface area contributed by atoms with E-state index in [1.807, 2.05) is 25.1 Å². The molecule has 0 N–H and O–H groups in total. The summed E-state index contributed by atoms with van der Waals surface area (Å²) in [5.41, 5.74) is 1.55. The zero-order valence-corrected chi connectivity index (χ0v) is 18.3. The topological polar surface area (TPSA) is 65.1 Å². The lowest BCUT2D eigenvalue weighted by molar-refractivity contribution is -0.127. The lowest BCUT2D eigenvalue weighted by atomic mass is 9.89. The second kappa shape index (κ2) is 10.7. The van der Waals surface area contributed by atoms with E-state index in [0.29, 0.717) is 49.6 Å². The molecule has 2 aromatic rings. The average molecular weight is 424 g/mol. The Balaban J connectivity index is 1.56. The second-order valence-electron chi connectivity index (χ2n) is 7.37. The predicted octanol–water partition coefficient (Wildman–Crippen LogP) is 4.24. The van der Waals surface area contributed by atoms with Gasteiger partial charge in [0, 0.05) is 30.6 Å². The third kappa shape index (κ3) is 5.66. The fraction of sp³-hybridized carbons (Fsp3) is 0.360. The molecule has 3 rings (SSSR count). The molecule has 164 valence electrons. The average Bonchev–Trinajstić information content (AvgIpc) is 2.82. The van der Waals surface area contributed by atoms with E-state index in [1.165, 1.54) is 0 Å². The highest BCUT2D eigenvalue weighted by Crippen LogP contribution is 2.29. The molecule has 6 nitrogen and oxygen atoms in total. The maximum absolute atomic E-state index is 12.7. The summed E-state index contributed by atoms with van der Waals surface area (Å²) in [6.45, 7) is 3.59. The fourth-order valence-electron chi connectivity index (χ4n) is 3.69. The van der Waals surface area contributed by atoms with Gasteiger partial charge < -0.3 is 19.1 Å². The van der Waals surface area contributed by atoms with Crippen molar-refractivity contribution >= 4 is 17.8 Å². The minimum absolute atomic E-state index is 0.0517. The minimum Gasteiger partial charge on any atom is -0.497 e. The molecule has 1 saturated heterocycles. The standard InChI is InChI=1S/C25H29NO5/c1-4-31-23-17-18(5-11-22(23)30-3)6-12-24(27)26-15-13-20(14-16-26)25(28)19-7-9-21(29-2)10-8-19/h5-12,17,20H,4,13-16H2,1-3H3/b12-6+. The molecule has 1 heterocycles. The highest BCUT2D eigenvalue weighted by Gasteiger charge is 2.27. The summed E-state index contributed by atoms with van der Waals surface area (Å²) >= 11 is 0. The number of carbonyl (C=O) groups excluding carboxylic acids is 2. The molecule has 0 aliphatic carbocycles. The molecule has 0 saturated carbocycles. The Morgan fingerprint density at radius 1 is 1.00 bits per heavy atom. The third-order valence-electron chi connectivity index (χ3n) is 5.46. The van der Waals surface area contributed by atoms with E-state index in [9.17, 15) is 9.59 Å². The lowest BCUT2D eigenvalue weighted by Crippen LogP contribution is -2.39. The van der Waals surface area contributed by atoms with Crippen LogP contribution in [0, 0.1) is 5.92 Å². The molecule has 6 heteroatoms. The van der Waals surface area contributed by atoms with Crippen molar-refractivity contribution in [3.63, 3.8) is 0 Å². The maximum atomic E-state index is 12.7. The Morgan fingerprint density at radius 2 is 1.71 bits per heavy atom. The number of ether oxygens (including phenoxy) is 3. The van der Waals surface area contributed by atoms with E-state index >= 15 is 0 Å². The number of rotatable bonds is 8. The number of methoxy groups -OCH3 is 2. The Labute approximate surface area is 183 Å². The van der Waals surface area contributed by atoms with Crippen LogP contribution in [0.25, 0.3) is 6.08 Å². The largest absolute Gasteiger partial charge is 0.497 e. The van der Waals surface area contributed by atoms with Crippen molar-refractivity contribution in [3.8, 4) is 17.2 Å². The maximum Gasteiger partial charge on any atom is 0.246 e. The predicted molar refractivity (Wildman–Crippen MR) is 120 cm³/mol. The molecular formula is C25H29NO5. The zero-order valence-electron chi connectivity index (χ0n) is 18.3. The van der Waals surface area contributed by atoms with Gasteiger partial charge in [0.25, 0.3) is 0 Å². The molecule has 0 unspecified atom stereocenters. The van der Waals surface area contributed by atoms with E-state index in [1.54, 1.807) is 55.5 Å². The van der Waals surface area contributed by atoms with Crippen LogP contribution < -0.4 is 14.2 Å². The summed E-state index contributed by atoms with van der Waals surface area (Å²) in [5, 5.41) is 0. The number of likely N-dealkylation sites (tertiary alicyclic amines) is 1. The van der Waals surface area contributed by atoms with Crippen LogP contribution in [0.1, 0.15) is 35.7 Å². The quantitative estimate of drug-likeness (QED) is 0.469. The van der Waals surface area contributed by atoms with E-state index < -0.39 is 0 Å². The first-order chi connectivity index (χ1) is 15.0. The van der Waals surface area contributed by atoms with E-state index in [-0.39, 0.29) is 17.6 Å². The molecule has 0 radical (unpaired) electrons. The van der Waals surface area contributed by atoms with Gasteiger partial charge in [-0.3, -0.25) is 9.59 Å². The molecule has 1 amide bonds. The summed E-state index contributed by atoms with van der Waals surface area (Å²) in [7, 11) is 3.20. The Bertz CT molecular complexity index is 927. The van der Waals surface area contributed by atoms with Gasteiger partial charge in [-0.05, 0) is 67.8 Å². The van der Waals surface area contributed by atoms with Crippen LogP contribution >= 0.6 is 0 Å². The molecule has 0 aromatic heterocycles. The van der Waals surface area contributed by atoms with Gasteiger partial charge in [-0.25, -0.2) is 0 Å². The highest BCUT2D eigenvalue weighted by molar-refractivity contribution is 5.98. The molecule has 0 bridgehead atoms. The third-order valence-corrected chi connectivity index (χ3v) is 5.46. The molecule has 1 aliphatic heterocycles. The van der Waals surface area contributed by atoms with Crippen LogP contribution in [-0.4, -0.2) is 50.5 Å². The van der Waals surface area contributed by atoms with Crippen LogP contribution in [-0.2, 0) is 4.79 Å². The first kappa shape index (κ1) is 22.4. The summed E-state index contributed by atoms with van der Waals surface area (Å²) < 4.78 is 16.0. The SMILES string of the molecule is CCOc1cc(/C=C/C(=O)N2CCC(C(=O)c3ccc(OC)cc3)CC2)ccc1OC. The number of nitrogens with zero attached hydrogens (tertiary/aromatic N) is 1. The summed E-state index contributed by atoms with van der Waals surface area (Å²) in [5.74, 6) is 2.06. The van der Waals surface area contributed by atoms with Gasteiger partial charge in [-0.1, -0.05) is 6.07 Å². The molecule has 31 heavy (non-hydrogen) atoms. The zero-order chi connectivity index (χ0) is 22.2. The van der Waals surface area contributed by atoms with E-state index in [2.05, 4.69) is 0 Å². The first-order valence-electron chi connectivity index (χ1n) is 10.5. The van der Waals surface area contributed by atoms with Crippen molar-refractivity contribution in [2.24, 2.45) is 5.92 Å². The first-order valence-corrected chi connectivity index (χ1v) is 10.5. The summed E-state index contributed by atoms with van der Waals surface area (Å²) in [4.78, 5) is 27.1. The highest BCUT2D eigenvalue weighted by atomic mass is 16.5. The number of hydrogen-bond donors (Lipinski definition) is 0. The Kier molecular flexibility index (Phi) is 7.70. The fourth-order valence-corrected chi connectivity index (χ4v) is 3.69.